The molecule has 1 aliphatic heterocycles. The topological polar surface area (TPSA) is 49.8 Å². The summed E-state index contributed by atoms with van der Waals surface area (Å²) in [6.45, 7) is 1.68. The number of amides is 1. The summed E-state index contributed by atoms with van der Waals surface area (Å²) >= 11 is 0. The minimum atomic E-state index is -0.190. The van der Waals surface area contributed by atoms with E-state index in [1.165, 1.54) is 6.42 Å². The lowest BCUT2D eigenvalue weighted by Gasteiger charge is -2.30. The third-order valence-electron chi connectivity index (χ3n) is 3.53. The number of piperidine rings is 1. The molecule has 1 N–H and O–H groups in total. The zero-order valence-corrected chi connectivity index (χ0v) is 9.73. The lowest BCUT2D eigenvalue weighted by Crippen LogP contribution is -2.39. The fourth-order valence-corrected chi connectivity index (χ4v) is 2.46. The first-order valence-electron chi connectivity index (χ1n) is 6.39. The Labute approximate surface area is 96.6 Å². The van der Waals surface area contributed by atoms with Crippen LogP contribution in [0.4, 0.5) is 4.79 Å². The van der Waals surface area contributed by atoms with Crippen LogP contribution in [-0.4, -0.2) is 41.4 Å². The molecule has 4 nitrogen and oxygen atoms in total. The third-order valence-corrected chi connectivity index (χ3v) is 3.53. The van der Waals surface area contributed by atoms with Crippen LogP contribution in [0.1, 0.15) is 44.9 Å². The molecule has 0 radical (unpaired) electrons. The lowest BCUT2D eigenvalue weighted by molar-refractivity contribution is 0.0149. The van der Waals surface area contributed by atoms with Crippen LogP contribution in [-0.2, 0) is 4.74 Å². The van der Waals surface area contributed by atoms with E-state index in [0.717, 1.165) is 51.6 Å². The summed E-state index contributed by atoms with van der Waals surface area (Å²) in [7, 11) is 0. The van der Waals surface area contributed by atoms with E-state index in [0.29, 0.717) is 0 Å². The fourth-order valence-electron chi connectivity index (χ4n) is 2.46. The molecule has 0 atom stereocenters. The summed E-state index contributed by atoms with van der Waals surface area (Å²) in [5.74, 6) is 0. The average Bonchev–Trinajstić information content (AvgIpc) is 2.33. The summed E-state index contributed by atoms with van der Waals surface area (Å²) in [6, 6.07) is 0. The largest absolute Gasteiger partial charge is 0.446 e. The molecule has 0 spiro atoms. The summed E-state index contributed by atoms with van der Waals surface area (Å²) in [6.07, 6.45) is 6.23. The number of hydrogen-bond acceptors (Lipinski definition) is 3. The van der Waals surface area contributed by atoms with Gasteiger partial charge in [-0.25, -0.2) is 4.79 Å². The van der Waals surface area contributed by atoms with E-state index in [2.05, 4.69) is 0 Å². The Morgan fingerprint density at radius 2 is 1.69 bits per heavy atom. The predicted molar refractivity (Wildman–Crippen MR) is 60.2 cm³/mol. The van der Waals surface area contributed by atoms with Crippen molar-refractivity contribution in [2.24, 2.45) is 0 Å². The van der Waals surface area contributed by atoms with E-state index in [4.69, 9.17) is 4.74 Å². The molecule has 2 rings (SSSR count). The highest BCUT2D eigenvalue weighted by atomic mass is 16.6. The molecule has 1 saturated carbocycles. The second-order valence-electron chi connectivity index (χ2n) is 4.86. The van der Waals surface area contributed by atoms with Crippen molar-refractivity contribution >= 4 is 6.09 Å². The maximum Gasteiger partial charge on any atom is 0.410 e. The Kier molecular flexibility index (Phi) is 4.04. The predicted octanol–water partition coefficient (Wildman–Crippen LogP) is 1.91. The summed E-state index contributed by atoms with van der Waals surface area (Å²) in [4.78, 5) is 13.6. The second kappa shape index (κ2) is 5.53. The first-order valence-corrected chi connectivity index (χ1v) is 6.39. The van der Waals surface area contributed by atoms with Crippen molar-refractivity contribution < 1.29 is 14.6 Å². The van der Waals surface area contributed by atoms with Crippen molar-refractivity contribution in [3.05, 3.63) is 0 Å². The zero-order valence-electron chi connectivity index (χ0n) is 9.73. The molecule has 0 unspecified atom stereocenters. The van der Waals surface area contributed by atoms with Crippen molar-refractivity contribution in [1.29, 1.82) is 0 Å². The highest BCUT2D eigenvalue weighted by Gasteiger charge is 2.25. The van der Waals surface area contributed by atoms with Gasteiger partial charge >= 0.3 is 6.09 Å². The molecule has 0 aromatic rings. The fraction of sp³-hybridized carbons (Fsp3) is 0.917. The molecule has 0 aromatic carbocycles. The van der Waals surface area contributed by atoms with Gasteiger partial charge in [-0.2, -0.15) is 0 Å². The van der Waals surface area contributed by atoms with Crippen molar-refractivity contribution in [3.63, 3.8) is 0 Å². The van der Waals surface area contributed by atoms with Crippen LogP contribution in [0, 0.1) is 0 Å². The number of ether oxygens (including phenoxy) is 1. The van der Waals surface area contributed by atoms with E-state index in [9.17, 15) is 9.90 Å². The zero-order chi connectivity index (χ0) is 11.4. The van der Waals surface area contributed by atoms with Gasteiger partial charge in [-0.05, 0) is 44.9 Å². The molecule has 1 amide bonds. The van der Waals surface area contributed by atoms with E-state index >= 15 is 0 Å². The van der Waals surface area contributed by atoms with E-state index in [-0.39, 0.29) is 18.3 Å². The van der Waals surface area contributed by atoms with Gasteiger partial charge in [0.25, 0.3) is 0 Å². The van der Waals surface area contributed by atoms with Gasteiger partial charge in [0.1, 0.15) is 6.10 Å². The van der Waals surface area contributed by atoms with E-state index in [1.54, 1.807) is 0 Å². The Bertz CT molecular complexity index is 230. The highest BCUT2D eigenvalue weighted by molar-refractivity contribution is 5.67. The van der Waals surface area contributed by atoms with Crippen LogP contribution in [0.15, 0.2) is 0 Å². The van der Waals surface area contributed by atoms with Gasteiger partial charge in [-0.15, -0.1) is 0 Å². The quantitative estimate of drug-likeness (QED) is 0.744. The Morgan fingerprint density at radius 1 is 1.06 bits per heavy atom. The van der Waals surface area contributed by atoms with Crippen molar-refractivity contribution in [2.75, 3.05) is 13.1 Å². The number of nitrogens with zero attached hydrogens (tertiary/aromatic N) is 1. The van der Waals surface area contributed by atoms with Crippen molar-refractivity contribution in [2.45, 2.75) is 57.2 Å². The van der Waals surface area contributed by atoms with Crippen LogP contribution >= 0.6 is 0 Å². The standard InChI is InChI=1S/C12H21NO3/c14-10-4-6-11(7-5-10)16-12(15)13-8-2-1-3-9-13/h10-11,14H,1-9H2. The molecule has 2 fully saturated rings. The van der Waals surface area contributed by atoms with Gasteiger partial charge in [-0.1, -0.05) is 0 Å². The molecule has 0 aromatic heterocycles. The molecule has 1 heterocycles. The minimum Gasteiger partial charge on any atom is -0.446 e. The van der Waals surface area contributed by atoms with Gasteiger partial charge in [0.15, 0.2) is 0 Å². The van der Waals surface area contributed by atoms with E-state index < -0.39 is 0 Å². The van der Waals surface area contributed by atoms with Crippen LogP contribution in [0.25, 0.3) is 0 Å². The number of rotatable bonds is 1. The number of aliphatic hydroxyl groups excluding tert-OH is 1. The maximum absolute atomic E-state index is 11.8. The van der Waals surface area contributed by atoms with Crippen molar-refractivity contribution in [3.8, 4) is 0 Å². The van der Waals surface area contributed by atoms with Crippen LogP contribution in [0.3, 0.4) is 0 Å². The summed E-state index contributed by atoms with van der Waals surface area (Å²) < 4.78 is 5.46. The maximum atomic E-state index is 11.8. The SMILES string of the molecule is O=C(OC1CCC(O)CC1)N1CCCCC1. The molecular formula is C12H21NO3. The van der Waals surface area contributed by atoms with Crippen LogP contribution < -0.4 is 0 Å². The molecule has 2 aliphatic rings. The molecule has 4 heteroatoms. The summed E-state index contributed by atoms with van der Waals surface area (Å²) in [5, 5.41) is 9.36. The number of carbonyl (C=O) groups excluding carboxylic acids is 1. The summed E-state index contributed by atoms with van der Waals surface area (Å²) in [5.41, 5.74) is 0. The number of carbonyl (C=O) groups is 1. The first kappa shape index (κ1) is 11.7. The van der Waals surface area contributed by atoms with Crippen LogP contribution in [0.5, 0.6) is 0 Å². The normalized spacial score (nSPS) is 31.2. The first-order chi connectivity index (χ1) is 7.75. The van der Waals surface area contributed by atoms with Gasteiger partial charge < -0.3 is 14.7 Å². The highest BCUT2D eigenvalue weighted by Crippen LogP contribution is 2.22. The van der Waals surface area contributed by atoms with E-state index in [1.807, 2.05) is 4.90 Å². The lowest BCUT2D eigenvalue weighted by atomic mass is 9.95. The Hall–Kier alpha value is -0.770. The number of hydrogen-bond donors (Lipinski definition) is 1. The molecule has 1 aliphatic carbocycles. The molecule has 1 saturated heterocycles. The van der Waals surface area contributed by atoms with Crippen molar-refractivity contribution in [1.82, 2.24) is 4.90 Å². The molecule has 16 heavy (non-hydrogen) atoms. The minimum absolute atomic E-state index is 0.0258. The number of aliphatic hydroxyl groups is 1. The van der Waals surface area contributed by atoms with Crippen LogP contribution in [0.2, 0.25) is 0 Å². The molecule has 0 bridgehead atoms. The van der Waals surface area contributed by atoms with Gasteiger partial charge in [0, 0.05) is 13.1 Å². The molecular weight excluding hydrogens is 206 g/mol. The Balaban J connectivity index is 1.73. The van der Waals surface area contributed by atoms with Gasteiger partial charge in [0.05, 0.1) is 6.10 Å². The second-order valence-corrected chi connectivity index (χ2v) is 4.86. The third kappa shape index (κ3) is 3.11. The average molecular weight is 227 g/mol. The smallest absolute Gasteiger partial charge is 0.410 e. The molecule has 92 valence electrons. The Morgan fingerprint density at radius 3 is 2.31 bits per heavy atom. The van der Waals surface area contributed by atoms with Gasteiger partial charge in [-0.3, -0.25) is 0 Å². The monoisotopic (exact) mass is 227 g/mol. The van der Waals surface area contributed by atoms with Gasteiger partial charge in [0.2, 0.25) is 0 Å². The number of likely N-dealkylation sites (tertiary alicyclic amines) is 1.